The SMILES string of the molecule is COC[C@H](C)Nc1ncc2c(-c3ccnc(S(C)(=N)=O)c3)cc(C3CCC(O)CC3)n2n1. The van der Waals surface area contributed by atoms with Crippen LogP contribution in [-0.2, 0) is 14.5 Å². The van der Waals surface area contributed by atoms with E-state index < -0.39 is 9.73 Å². The van der Waals surface area contributed by atoms with Crippen molar-refractivity contribution in [3.63, 3.8) is 0 Å². The van der Waals surface area contributed by atoms with Crippen LogP contribution in [0.25, 0.3) is 16.6 Å². The Kier molecular flexibility index (Phi) is 6.45. The van der Waals surface area contributed by atoms with Crippen molar-refractivity contribution in [1.29, 1.82) is 4.78 Å². The molecule has 3 heterocycles. The van der Waals surface area contributed by atoms with Gasteiger partial charge in [0.05, 0.1) is 34.2 Å². The fourth-order valence-electron chi connectivity index (χ4n) is 4.28. The van der Waals surface area contributed by atoms with Crippen LogP contribution in [-0.4, -0.2) is 61.0 Å². The van der Waals surface area contributed by atoms with Crippen molar-refractivity contribution in [2.75, 3.05) is 25.3 Å². The van der Waals surface area contributed by atoms with Crippen molar-refractivity contribution in [2.45, 2.75) is 55.7 Å². The Morgan fingerprint density at radius 1 is 1.31 bits per heavy atom. The molecule has 2 atom stereocenters. The highest BCUT2D eigenvalue weighted by Gasteiger charge is 2.26. The zero-order valence-corrected chi connectivity index (χ0v) is 19.4. The molecule has 0 aliphatic heterocycles. The van der Waals surface area contributed by atoms with E-state index in [0.29, 0.717) is 12.6 Å². The van der Waals surface area contributed by atoms with Gasteiger partial charge in [0, 0.05) is 42.8 Å². The van der Waals surface area contributed by atoms with Crippen LogP contribution in [0.15, 0.2) is 35.6 Å². The van der Waals surface area contributed by atoms with Gasteiger partial charge in [-0.15, -0.1) is 5.10 Å². The van der Waals surface area contributed by atoms with E-state index in [1.54, 1.807) is 25.6 Å². The molecule has 4 rings (SSSR count). The van der Waals surface area contributed by atoms with Gasteiger partial charge in [0.15, 0.2) is 0 Å². The summed E-state index contributed by atoms with van der Waals surface area (Å²) in [6, 6.07) is 5.73. The van der Waals surface area contributed by atoms with E-state index in [1.807, 2.05) is 17.5 Å². The van der Waals surface area contributed by atoms with Crippen molar-refractivity contribution in [1.82, 2.24) is 19.6 Å². The zero-order chi connectivity index (χ0) is 22.9. The van der Waals surface area contributed by atoms with Crippen LogP contribution in [0.5, 0.6) is 0 Å². The van der Waals surface area contributed by atoms with Crippen molar-refractivity contribution < 1.29 is 14.1 Å². The minimum atomic E-state index is -2.93. The predicted octanol–water partition coefficient (Wildman–Crippen LogP) is 3.29. The first kappa shape index (κ1) is 22.6. The molecule has 0 saturated heterocycles. The fourth-order valence-corrected chi connectivity index (χ4v) is 4.89. The van der Waals surface area contributed by atoms with Crippen LogP contribution in [0.2, 0.25) is 0 Å². The smallest absolute Gasteiger partial charge is 0.241 e. The van der Waals surface area contributed by atoms with E-state index in [-0.39, 0.29) is 23.1 Å². The lowest BCUT2D eigenvalue weighted by Gasteiger charge is -2.25. The molecule has 172 valence electrons. The third-order valence-corrected chi connectivity index (χ3v) is 6.92. The van der Waals surface area contributed by atoms with Crippen LogP contribution < -0.4 is 5.32 Å². The Labute approximate surface area is 188 Å². The number of fused-ring (bicyclic) bond motifs is 1. The monoisotopic (exact) mass is 458 g/mol. The highest BCUT2D eigenvalue weighted by molar-refractivity contribution is 7.91. The second-order valence-corrected chi connectivity index (χ2v) is 10.7. The minimum Gasteiger partial charge on any atom is -0.393 e. The summed E-state index contributed by atoms with van der Waals surface area (Å²) in [4.78, 5) is 8.64. The fraction of sp³-hybridized carbons (Fsp3) is 0.500. The van der Waals surface area contributed by atoms with Gasteiger partial charge in [-0.1, -0.05) is 0 Å². The van der Waals surface area contributed by atoms with Crippen LogP contribution in [0.4, 0.5) is 5.95 Å². The number of aliphatic hydroxyl groups excluding tert-OH is 1. The molecule has 1 unspecified atom stereocenters. The number of methoxy groups -OCH3 is 1. The van der Waals surface area contributed by atoms with Gasteiger partial charge in [0.1, 0.15) is 5.03 Å². The van der Waals surface area contributed by atoms with Gasteiger partial charge in [0.2, 0.25) is 5.95 Å². The maximum atomic E-state index is 12.3. The molecular formula is C22H30N6O3S. The topological polar surface area (TPSA) is 125 Å². The molecule has 3 N–H and O–H groups in total. The van der Waals surface area contributed by atoms with Gasteiger partial charge >= 0.3 is 0 Å². The Morgan fingerprint density at radius 3 is 2.75 bits per heavy atom. The Bertz CT molecular complexity index is 1200. The standard InChI is InChI=1S/C22H30N6O3S/c1-14(13-31-2)26-22-25-12-20-18(16-8-9-24-21(10-16)32(3,23)30)11-19(28(20)27-22)15-4-6-17(29)7-5-15/h8-12,14-15,17,23,29H,4-7,13H2,1-3H3,(H,26,27)/t14-,15?,17?,32?/m0/s1. The molecule has 1 aliphatic carbocycles. The van der Waals surface area contributed by atoms with Crippen molar-refractivity contribution >= 4 is 21.2 Å². The maximum Gasteiger partial charge on any atom is 0.241 e. The maximum absolute atomic E-state index is 12.3. The molecule has 9 nitrogen and oxygen atoms in total. The van der Waals surface area contributed by atoms with Gasteiger partial charge in [-0.25, -0.2) is 23.5 Å². The highest BCUT2D eigenvalue weighted by Crippen LogP contribution is 2.37. The summed E-state index contributed by atoms with van der Waals surface area (Å²) in [5.41, 5.74) is 3.64. The van der Waals surface area contributed by atoms with Crippen LogP contribution in [0.3, 0.4) is 0 Å². The minimum absolute atomic E-state index is 0.0540. The largest absolute Gasteiger partial charge is 0.393 e. The molecule has 3 aromatic rings. The summed E-state index contributed by atoms with van der Waals surface area (Å²) < 4.78 is 27.3. The van der Waals surface area contributed by atoms with Gasteiger partial charge in [-0.2, -0.15) is 0 Å². The van der Waals surface area contributed by atoms with Gasteiger partial charge in [-0.3, -0.25) is 0 Å². The Balaban J connectivity index is 1.81. The number of hydrogen-bond donors (Lipinski definition) is 3. The Morgan fingerprint density at radius 2 is 2.06 bits per heavy atom. The molecule has 0 radical (unpaired) electrons. The number of nitrogens with zero attached hydrogens (tertiary/aromatic N) is 4. The normalized spacial score (nSPS) is 21.9. The molecule has 0 bridgehead atoms. The number of hydrogen-bond acceptors (Lipinski definition) is 8. The van der Waals surface area contributed by atoms with E-state index in [4.69, 9.17) is 14.6 Å². The molecule has 0 aromatic carbocycles. The highest BCUT2D eigenvalue weighted by atomic mass is 32.2. The summed E-state index contributed by atoms with van der Waals surface area (Å²) in [6.07, 6.45) is 7.82. The number of anilines is 1. The van der Waals surface area contributed by atoms with Crippen molar-refractivity contribution in [2.24, 2.45) is 0 Å². The first-order valence-corrected chi connectivity index (χ1v) is 12.8. The molecule has 1 aliphatic rings. The summed E-state index contributed by atoms with van der Waals surface area (Å²) in [5, 5.41) is 18.3. The number of rotatable bonds is 7. The van der Waals surface area contributed by atoms with E-state index in [0.717, 1.165) is 48.0 Å². The molecule has 1 fully saturated rings. The number of ether oxygens (including phenoxy) is 1. The van der Waals surface area contributed by atoms with E-state index in [9.17, 15) is 9.32 Å². The molecular weight excluding hydrogens is 428 g/mol. The van der Waals surface area contributed by atoms with E-state index in [1.165, 1.54) is 6.26 Å². The number of aliphatic hydroxyl groups is 1. The van der Waals surface area contributed by atoms with Gasteiger partial charge < -0.3 is 15.2 Å². The van der Waals surface area contributed by atoms with Gasteiger partial charge in [0.25, 0.3) is 0 Å². The molecule has 0 amide bonds. The zero-order valence-electron chi connectivity index (χ0n) is 18.6. The number of pyridine rings is 1. The van der Waals surface area contributed by atoms with Crippen LogP contribution in [0, 0.1) is 4.78 Å². The van der Waals surface area contributed by atoms with Crippen molar-refractivity contribution in [3.05, 3.63) is 36.3 Å². The summed E-state index contributed by atoms with van der Waals surface area (Å²) in [5.74, 6) is 0.783. The molecule has 0 spiro atoms. The Hall–Kier alpha value is -2.56. The molecule has 10 heteroatoms. The first-order chi connectivity index (χ1) is 15.3. The van der Waals surface area contributed by atoms with Crippen LogP contribution in [0.1, 0.15) is 44.2 Å². The third-order valence-electron chi connectivity index (χ3n) is 5.90. The lowest BCUT2D eigenvalue weighted by Crippen LogP contribution is -2.23. The quantitative estimate of drug-likeness (QED) is 0.496. The van der Waals surface area contributed by atoms with E-state index >= 15 is 0 Å². The lowest BCUT2D eigenvalue weighted by molar-refractivity contribution is 0.121. The first-order valence-electron chi connectivity index (χ1n) is 10.8. The summed E-state index contributed by atoms with van der Waals surface area (Å²) in [6.45, 7) is 2.54. The average Bonchev–Trinajstić information content (AvgIpc) is 3.13. The number of nitrogens with one attached hydrogen (secondary N) is 2. The third kappa shape index (κ3) is 4.77. The predicted molar refractivity (Wildman–Crippen MR) is 123 cm³/mol. The van der Waals surface area contributed by atoms with Crippen LogP contribution >= 0.6 is 0 Å². The van der Waals surface area contributed by atoms with Gasteiger partial charge in [-0.05, 0) is 56.4 Å². The molecule has 32 heavy (non-hydrogen) atoms. The second kappa shape index (κ2) is 9.13. The molecule has 3 aromatic heterocycles. The molecule has 1 saturated carbocycles. The second-order valence-electron chi connectivity index (χ2n) is 8.59. The average molecular weight is 459 g/mol. The van der Waals surface area contributed by atoms with E-state index in [2.05, 4.69) is 21.4 Å². The van der Waals surface area contributed by atoms with Crippen molar-refractivity contribution in [3.8, 4) is 11.1 Å². The lowest BCUT2D eigenvalue weighted by atomic mass is 9.85. The number of aromatic nitrogens is 4. The summed E-state index contributed by atoms with van der Waals surface area (Å²) >= 11 is 0. The summed E-state index contributed by atoms with van der Waals surface area (Å²) in [7, 11) is -1.27.